The Kier molecular flexibility index (Phi) is 7.68. The fourth-order valence-electron chi connectivity index (χ4n) is 3.03. The number of amides is 2. The van der Waals surface area contributed by atoms with E-state index in [2.05, 4.69) is 5.32 Å². The summed E-state index contributed by atoms with van der Waals surface area (Å²) in [4.78, 5) is 31.5. The minimum absolute atomic E-state index is 0.0722. The summed E-state index contributed by atoms with van der Waals surface area (Å²) in [6.45, 7) is -0.0722. The summed E-state index contributed by atoms with van der Waals surface area (Å²) in [5, 5.41) is 3.15. The van der Waals surface area contributed by atoms with Gasteiger partial charge in [-0.3, -0.25) is 4.84 Å². The fourth-order valence-corrected chi connectivity index (χ4v) is 3.03. The molecule has 0 bridgehead atoms. The van der Waals surface area contributed by atoms with E-state index in [0.29, 0.717) is 11.1 Å². The number of hydroxylamine groups is 2. The number of carbonyl (C=O) groups excluding carboxylic acids is 2. The molecule has 3 aromatic rings. The van der Waals surface area contributed by atoms with Crippen LogP contribution in [0.5, 0.6) is 0 Å². The Labute approximate surface area is 188 Å². The van der Waals surface area contributed by atoms with Gasteiger partial charge in [-0.15, -0.1) is 0 Å². The highest BCUT2D eigenvalue weighted by atomic mass is 19.4. The number of halogens is 3. The van der Waals surface area contributed by atoms with E-state index in [9.17, 15) is 22.8 Å². The Bertz CT molecular complexity index is 1080. The van der Waals surface area contributed by atoms with E-state index in [1.54, 1.807) is 54.6 Å². The predicted octanol–water partition coefficient (Wildman–Crippen LogP) is 5.59. The molecule has 3 rings (SSSR count). The molecule has 1 atom stereocenters. The second-order valence-corrected chi connectivity index (χ2v) is 6.93. The Morgan fingerprint density at radius 1 is 0.939 bits per heavy atom. The minimum Gasteiger partial charge on any atom is -0.467 e. The average Bonchev–Trinajstić information content (AvgIpc) is 2.82. The smallest absolute Gasteiger partial charge is 0.416 e. The van der Waals surface area contributed by atoms with Gasteiger partial charge in [0.15, 0.2) is 6.04 Å². The van der Waals surface area contributed by atoms with Crippen LogP contribution in [0, 0.1) is 0 Å². The highest BCUT2D eigenvalue weighted by molar-refractivity contribution is 5.92. The van der Waals surface area contributed by atoms with Crippen LogP contribution in [-0.2, 0) is 27.2 Å². The van der Waals surface area contributed by atoms with E-state index in [-0.39, 0.29) is 12.3 Å². The molecule has 0 aliphatic rings. The van der Waals surface area contributed by atoms with Crippen molar-refractivity contribution in [3.63, 3.8) is 0 Å². The largest absolute Gasteiger partial charge is 0.467 e. The molecule has 6 nitrogen and oxygen atoms in total. The standard InChI is InChI=1S/C24H21F3N2O4/c1-32-22(30)21(18-11-6-3-7-12-18)29(33-16-17-9-4-2-5-10-17)23(31)28-20-14-8-13-19(15-20)24(25,26)27/h2-15,21H,16H2,1H3,(H,28,31). The lowest BCUT2D eigenvalue weighted by Crippen LogP contribution is -2.42. The van der Waals surface area contributed by atoms with Gasteiger partial charge in [-0.1, -0.05) is 66.7 Å². The van der Waals surface area contributed by atoms with Crippen LogP contribution in [0.15, 0.2) is 84.9 Å². The summed E-state index contributed by atoms with van der Waals surface area (Å²) < 4.78 is 44.1. The maximum absolute atomic E-state index is 13.1. The number of methoxy groups -OCH3 is 1. The number of nitrogens with one attached hydrogen (secondary N) is 1. The van der Waals surface area contributed by atoms with Crippen molar-refractivity contribution >= 4 is 17.7 Å². The molecule has 3 aromatic carbocycles. The quantitative estimate of drug-likeness (QED) is 0.371. The lowest BCUT2D eigenvalue weighted by molar-refractivity contribution is -0.180. The molecule has 0 saturated heterocycles. The number of urea groups is 1. The number of carbonyl (C=O) groups is 2. The molecule has 0 radical (unpaired) electrons. The van der Waals surface area contributed by atoms with E-state index in [4.69, 9.17) is 9.57 Å². The monoisotopic (exact) mass is 458 g/mol. The van der Waals surface area contributed by atoms with Crippen molar-refractivity contribution in [3.8, 4) is 0 Å². The molecule has 0 aromatic heterocycles. The number of benzene rings is 3. The van der Waals surface area contributed by atoms with Crippen LogP contribution in [0.3, 0.4) is 0 Å². The van der Waals surface area contributed by atoms with Crippen LogP contribution < -0.4 is 5.32 Å². The summed E-state index contributed by atoms with van der Waals surface area (Å²) in [6.07, 6.45) is -4.58. The van der Waals surface area contributed by atoms with E-state index >= 15 is 0 Å². The number of alkyl halides is 3. The van der Waals surface area contributed by atoms with Gasteiger partial charge in [-0.25, -0.2) is 9.59 Å². The maximum Gasteiger partial charge on any atom is 0.416 e. The van der Waals surface area contributed by atoms with Crippen molar-refractivity contribution in [2.75, 3.05) is 12.4 Å². The number of rotatable bonds is 7. The van der Waals surface area contributed by atoms with E-state index in [1.165, 1.54) is 19.2 Å². The molecular formula is C24H21F3N2O4. The average molecular weight is 458 g/mol. The van der Waals surface area contributed by atoms with Crippen molar-refractivity contribution in [1.82, 2.24) is 5.06 Å². The fraction of sp³-hybridized carbons (Fsp3) is 0.167. The van der Waals surface area contributed by atoms with Crippen molar-refractivity contribution in [3.05, 3.63) is 102 Å². The molecule has 1 N–H and O–H groups in total. The number of esters is 1. The second-order valence-electron chi connectivity index (χ2n) is 6.93. The van der Waals surface area contributed by atoms with Gasteiger partial charge in [-0.05, 0) is 29.3 Å². The number of ether oxygens (including phenoxy) is 1. The molecule has 0 spiro atoms. The van der Waals surface area contributed by atoms with Gasteiger partial charge < -0.3 is 10.1 Å². The highest BCUT2D eigenvalue weighted by Crippen LogP contribution is 2.31. The number of anilines is 1. The van der Waals surface area contributed by atoms with Crippen molar-refractivity contribution in [2.24, 2.45) is 0 Å². The lowest BCUT2D eigenvalue weighted by Gasteiger charge is -2.29. The van der Waals surface area contributed by atoms with Gasteiger partial charge in [0.25, 0.3) is 0 Å². The van der Waals surface area contributed by atoms with Crippen molar-refractivity contribution in [1.29, 1.82) is 0 Å². The molecule has 0 aliphatic heterocycles. The van der Waals surface area contributed by atoms with Gasteiger partial charge in [0.2, 0.25) is 0 Å². The third kappa shape index (κ3) is 6.33. The molecule has 0 fully saturated rings. The molecule has 2 amide bonds. The van der Waals surface area contributed by atoms with Crippen molar-refractivity contribution < 1.29 is 32.3 Å². The summed E-state index contributed by atoms with van der Waals surface area (Å²) >= 11 is 0. The molecule has 0 heterocycles. The summed E-state index contributed by atoms with van der Waals surface area (Å²) in [5.74, 6) is -0.784. The van der Waals surface area contributed by atoms with Crippen LogP contribution in [0.1, 0.15) is 22.7 Å². The van der Waals surface area contributed by atoms with Gasteiger partial charge >= 0.3 is 18.2 Å². The third-order valence-corrected chi connectivity index (χ3v) is 4.63. The molecule has 0 saturated carbocycles. The normalized spacial score (nSPS) is 12.0. The first-order valence-electron chi connectivity index (χ1n) is 9.86. The Morgan fingerprint density at radius 3 is 2.18 bits per heavy atom. The highest BCUT2D eigenvalue weighted by Gasteiger charge is 2.35. The van der Waals surface area contributed by atoms with Crippen LogP contribution in [0.4, 0.5) is 23.7 Å². The topological polar surface area (TPSA) is 67.9 Å². The van der Waals surface area contributed by atoms with Gasteiger partial charge in [0, 0.05) is 5.69 Å². The number of hydrogen-bond donors (Lipinski definition) is 1. The van der Waals surface area contributed by atoms with Gasteiger partial charge in [0.05, 0.1) is 12.7 Å². The van der Waals surface area contributed by atoms with Crippen LogP contribution in [0.2, 0.25) is 0 Å². The SMILES string of the molecule is COC(=O)C(c1ccccc1)N(OCc1ccccc1)C(=O)Nc1cccc(C(F)(F)F)c1. The first-order valence-corrected chi connectivity index (χ1v) is 9.86. The zero-order chi connectivity index (χ0) is 23.8. The lowest BCUT2D eigenvalue weighted by atomic mass is 10.1. The third-order valence-electron chi connectivity index (χ3n) is 4.63. The minimum atomic E-state index is -4.58. The van der Waals surface area contributed by atoms with Crippen LogP contribution >= 0.6 is 0 Å². The summed E-state index contributed by atoms with van der Waals surface area (Å²) in [6, 6.07) is 19.1. The Balaban J connectivity index is 1.93. The summed E-state index contributed by atoms with van der Waals surface area (Å²) in [7, 11) is 1.17. The first-order chi connectivity index (χ1) is 15.8. The molecule has 172 valence electrons. The van der Waals surface area contributed by atoms with Crippen LogP contribution in [-0.4, -0.2) is 24.2 Å². The number of nitrogens with zero attached hydrogens (tertiary/aromatic N) is 1. The predicted molar refractivity (Wildman–Crippen MR) is 115 cm³/mol. The van der Waals surface area contributed by atoms with E-state index in [1.807, 2.05) is 6.07 Å². The Morgan fingerprint density at radius 2 is 1.58 bits per heavy atom. The maximum atomic E-state index is 13.1. The number of hydrogen-bond acceptors (Lipinski definition) is 4. The molecule has 33 heavy (non-hydrogen) atoms. The molecular weight excluding hydrogens is 437 g/mol. The first kappa shape index (κ1) is 23.8. The Hall–Kier alpha value is -3.85. The van der Waals surface area contributed by atoms with Gasteiger partial charge in [-0.2, -0.15) is 18.2 Å². The zero-order valence-electron chi connectivity index (χ0n) is 17.6. The molecule has 0 aliphatic carbocycles. The second kappa shape index (κ2) is 10.6. The zero-order valence-corrected chi connectivity index (χ0v) is 17.6. The van der Waals surface area contributed by atoms with Gasteiger partial charge in [0.1, 0.15) is 6.61 Å². The summed E-state index contributed by atoms with van der Waals surface area (Å²) in [5.41, 5.74) is 0.0760. The van der Waals surface area contributed by atoms with Crippen LogP contribution in [0.25, 0.3) is 0 Å². The van der Waals surface area contributed by atoms with Crippen molar-refractivity contribution in [2.45, 2.75) is 18.8 Å². The molecule has 9 heteroatoms. The van der Waals surface area contributed by atoms with E-state index in [0.717, 1.165) is 17.2 Å². The van der Waals surface area contributed by atoms with E-state index < -0.39 is 29.8 Å². The molecule has 1 unspecified atom stereocenters.